The molecule has 0 saturated heterocycles. The van der Waals surface area contributed by atoms with Crippen LogP contribution in [-0.2, 0) is 0 Å². The zero-order valence-electron chi connectivity index (χ0n) is 8.29. The number of H-pyrrole nitrogens is 1. The second kappa shape index (κ2) is 3.30. The maximum Gasteiger partial charge on any atom is 0.266 e. The van der Waals surface area contributed by atoms with Crippen molar-refractivity contribution in [2.45, 2.75) is 0 Å². The van der Waals surface area contributed by atoms with Crippen LogP contribution in [0.15, 0.2) is 47.8 Å². The molecule has 0 saturated carbocycles. The summed E-state index contributed by atoms with van der Waals surface area (Å²) in [7, 11) is 0. The van der Waals surface area contributed by atoms with E-state index in [1.54, 1.807) is 23.1 Å². The van der Waals surface area contributed by atoms with Crippen LogP contribution in [0.5, 0.6) is 0 Å². The zero-order valence-corrected chi connectivity index (χ0v) is 8.29. The molecule has 3 heterocycles. The van der Waals surface area contributed by atoms with Crippen molar-refractivity contribution >= 4 is 5.65 Å². The minimum Gasteiger partial charge on any atom is -0.268 e. The fraction of sp³-hybridized carbons (Fsp3) is 0. The van der Waals surface area contributed by atoms with Crippen molar-refractivity contribution in [3.63, 3.8) is 0 Å². The van der Waals surface area contributed by atoms with E-state index in [4.69, 9.17) is 0 Å². The van der Waals surface area contributed by atoms with E-state index in [-0.39, 0.29) is 5.56 Å². The molecule has 0 radical (unpaired) electrons. The van der Waals surface area contributed by atoms with E-state index >= 15 is 0 Å². The van der Waals surface area contributed by atoms with Crippen molar-refractivity contribution < 1.29 is 0 Å². The standard InChI is InChI=1S/C11H8N4O/c16-11-5-10-13-6-9(7-15(10)14-11)8-1-3-12-4-2-8/h1-7H,(H,14,16). The summed E-state index contributed by atoms with van der Waals surface area (Å²) in [4.78, 5) is 19.3. The molecule has 0 aromatic carbocycles. The Balaban J connectivity index is 2.22. The number of hydrogen-bond donors (Lipinski definition) is 1. The number of aromatic nitrogens is 4. The van der Waals surface area contributed by atoms with E-state index in [2.05, 4.69) is 15.1 Å². The van der Waals surface area contributed by atoms with Gasteiger partial charge in [0.15, 0.2) is 5.65 Å². The first-order valence-corrected chi connectivity index (χ1v) is 4.81. The highest BCUT2D eigenvalue weighted by Crippen LogP contribution is 2.16. The van der Waals surface area contributed by atoms with Crippen molar-refractivity contribution in [2.24, 2.45) is 0 Å². The van der Waals surface area contributed by atoms with E-state index in [0.717, 1.165) is 11.1 Å². The molecule has 0 aliphatic carbocycles. The smallest absolute Gasteiger partial charge is 0.266 e. The van der Waals surface area contributed by atoms with E-state index < -0.39 is 0 Å². The van der Waals surface area contributed by atoms with Crippen LogP contribution in [0.2, 0.25) is 0 Å². The van der Waals surface area contributed by atoms with Crippen molar-refractivity contribution in [1.82, 2.24) is 19.6 Å². The van der Waals surface area contributed by atoms with Gasteiger partial charge in [0.25, 0.3) is 5.56 Å². The van der Waals surface area contributed by atoms with Gasteiger partial charge in [0.1, 0.15) is 0 Å². The summed E-state index contributed by atoms with van der Waals surface area (Å²) in [5.41, 5.74) is 2.41. The third-order valence-electron chi connectivity index (χ3n) is 2.36. The number of pyridine rings is 1. The molecule has 5 heteroatoms. The number of aromatic amines is 1. The molecule has 3 rings (SSSR count). The second-order valence-corrected chi connectivity index (χ2v) is 3.43. The van der Waals surface area contributed by atoms with Crippen LogP contribution in [0.3, 0.4) is 0 Å². The zero-order chi connectivity index (χ0) is 11.0. The van der Waals surface area contributed by atoms with Gasteiger partial charge in [-0.3, -0.25) is 14.9 Å². The topological polar surface area (TPSA) is 63.1 Å². The van der Waals surface area contributed by atoms with Gasteiger partial charge < -0.3 is 0 Å². The SMILES string of the molecule is O=c1cc2ncc(-c3ccncc3)cn2[nH]1. The molecular weight excluding hydrogens is 204 g/mol. The lowest BCUT2D eigenvalue weighted by molar-refractivity contribution is 0.921. The molecule has 0 unspecified atom stereocenters. The Labute approximate surface area is 90.4 Å². The molecule has 0 amide bonds. The molecule has 3 aromatic rings. The highest BCUT2D eigenvalue weighted by Gasteiger charge is 2.01. The summed E-state index contributed by atoms with van der Waals surface area (Å²) in [6.07, 6.45) is 7.01. The third-order valence-corrected chi connectivity index (χ3v) is 2.36. The van der Waals surface area contributed by atoms with Gasteiger partial charge in [-0.25, -0.2) is 9.50 Å². The Morgan fingerprint density at radius 2 is 2.00 bits per heavy atom. The first-order valence-electron chi connectivity index (χ1n) is 4.81. The van der Waals surface area contributed by atoms with Crippen LogP contribution in [-0.4, -0.2) is 19.6 Å². The maximum absolute atomic E-state index is 11.1. The van der Waals surface area contributed by atoms with Crippen LogP contribution < -0.4 is 5.56 Å². The highest BCUT2D eigenvalue weighted by atomic mass is 16.1. The van der Waals surface area contributed by atoms with Gasteiger partial charge in [0.2, 0.25) is 0 Å². The number of hydrogen-bond acceptors (Lipinski definition) is 3. The Kier molecular flexibility index (Phi) is 1.83. The Hall–Kier alpha value is -2.43. The van der Waals surface area contributed by atoms with E-state index in [1.165, 1.54) is 6.07 Å². The summed E-state index contributed by atoms with van der Waals surface area (Å²) in [6, 6.07) is 5.24. The van der Waals surface area contributed by atoms with E-state index in [9.17, 15) is 4.79 Å². The molecule has 0 aliphatic heterocycles. The summed E-state index contributed by atoms with van der Waals surface area (Å²) in [5, 5.41) is 2.65. The molecule has 0 bridgehead atoms. The maximum atomic E-state index is 11.1. The van der Waals surface area contributed by atoms with Crippen LogP contribution in [0, 0.1) is 0 Å². The third kappa shape index (κ3) is 1.38. The Morgan fingerprint density at radius 3 is 2.81 bits per heavy atom. The molecule has 3 aromatic heterocycles. The lowest BCUT2D eigenvalue weighted by Crippen LogP contribution is -1.98. The first kappa shape index (κ1) is 8.84. The molecule has 1 N–H and O–H groups in total. The van der Waals surface area contributed by atoms with Gasteiger partial charge in [-0.05, 0) is 17.7 Å². The molecule has 5 nitrogen and oxygen atoms in total. The lowest BCUT2D eigenvalue weighted by atomic mass is 10.1. The number of rotatable bonds is 1. The van der Waals surface area contributed by atoms with Gasteiger partial charge in [0.05, 0.1) is 0 Å². The lowest BCUT2D eigenvalue weighted by Gasteiger charge is -2.00. The summed E-state index contributed by atoms with van der Waals surface area (Å²) < 4.78 is 1.61. The fourth-order valence-corrected chi connectivity index (χ4v) is 1.59. The van der Waals surface area contributed by atoms with Gasteiger partial charge in [0, 0.05) is 36.4 Å². The van der Waals surface area contributed by atoms with Gasteiger partial charge in [-0.2, -0.15) is 0 Å². The van der Waals surface area contributed by atoms with Gasteiger partial charge in [-0.15, -0.1) is 0 Å². The van der Waals surface area contributed by atoms with Crippen LogP contribution in [0.25, 0.3) is 16.8 Å². The second-order valence-electron chi connectivity index (χ2n) is 3.43. The van der Waals surface area contributed by atoms with E-state index in [1.807, 2.05) is 18.3 Å². The summed E-state index contributed by atoms with van der Waals surface area (Å²) >= 11 is 0. The molecule has 0 atom stereocenters. The fourth-order valence-electron chi connectivity index (χ4n) is 1.59. The average molecular weight is 212 g/mol. The Morgan fingerprint density at radius 1 is 1.19 bits per heavy atom. The van der Waals surface area contributed by atoms with Gasteiger partial charge in [-0.1, -0.05) is 0 Å². The number of nitrogens with one attached hydrogen (secondary N) is 1. The van der Waals surface area contributed by atoms with Crippen LogP contribution in [0.1, 0.15) is 0 Å². The molecule has 16 heavy (non-hydrogen) atoms. The molecular formula is C11H8N4O. The monoisotopic (exact) mass is 212 g/mol. The van der Waals surface area contributed by atoms with E-state index in [0.29, 0.717) is 5.65 Å². The predicted molar refractivity (Wildman–Crippen MR) is 59.0 cm³/mol. The van der Waals surface area contributed by atoms with Gasteiger partial charge >= 0.3 is 0 Å². The van der Waals surface area contributed by atoms with Crippen LogP contribution >= 0.6 is 0 Å². The van der Waals surface area contributed by atoms with Crippen molar-refractivity contribution in [2.75, 3.05) is 0 Å². The highest BCUT2D eigenvalue weighted by molar-refractivity contribution is 5.61. The van der Waals surface area contributed by atoms with Crippen LogP contribution in [0.4, 0.5) is 0 Å². The number of fused-ring (bicyclic) bond motifs is 1. The molecule has 0 fully saturated rings. The van der Waals surface area contributed by atoms with Crippen molar-refractivity contribution in [1.29, 1.82) is 0 Å². The first-order chi connectivity index (χ1) is 7.83. The minimum absolute atomic E-state index is 0.153. The summed E-state index contributed by atoms with van der Waals surface area (Å²) in [6.45, 7) is 0. The summed E-state index contributed by atoms with van der Waals surface area (Å²) in [5.74, 6) is 0. The Bertz CT molecular complexity index is 684. The number of nitrogens with zero attached hydrogens (tertiary/aromatic N) is 3. The van der Waals surface area contributed by atoms with Crippen molar-refractivity contribution in [3.8, 4) is 11.1 Å². The normalized spacial score (nSPS) is 10.8. The predicted octanol–water partition coefficient (Wildman–Crippen LogP) is 1.08. The van der Waals surface area contributed by atoms with Crippen molar-refractivity contribution in [3.05, 3.63) is 53.3 Å². The molecule has 0 aliphatic rings. The molecule has 0 spiro atoms. The molecule has 78 valence electrons. The largest absolute Gasteiger partial charge is 0.268 e. The quantitative estimate of drug-likeness (QED) is 0.656. The minimum atomic E-state index is -0.153. The average Bonchev–Trinajstić information content (AvgIpc) is 2.69.